The first-order chi connectivity index (χ1) is 13.1. The first-order valence-corrected chi connectivity index (χ1v) is 8.90. The molecule has 1 aliphatic rings. The van der Waals surface area contributed by atoms with E-state index in [2.05, 4.69) is 15.5 Å². The quantitative estimate of drug-likeness (QED) is 0.694. The SMILES string of the molecule is COc1cc([C@@H]2CC(=O)Nc3[nH]ncc32)ccc1OCc1ccc(Cl)cc1. The van der Waals surface area contributed by atoms with E-state index in [1.54, 1.807) is 13.3 Å². The number of H-pyrrole nitrogens is 1. The minimum absolute atomic E-state index is 0.0428. The molecule has 0 saturated carbocycles. The van der Waals surface area contributed by atoms with Crippen molar-refractivity contribution in [2.24, 2.45) is 0 Å². The van der Waals surface area contributed by atoms with Gasteiger partial charge in [-0.15, -0.1) is 0 Å². The van der Waals surface area contributed by atoms with Crippen LogP contribution < -0.4 is 14.8 Å². The van der Waals surface area contributed by atoms with Gasteiger partial charge in [0.1, 0.15) is 12.4 Å². The Kier molecular flexibility index (Phi) is 4.73. The number of anilines is 1. The zero-order valence-electron chi connectivity index (χ0n) is 14.7. The molecule has 0 radical (unpaired) electrons. The zero-order valence-corrected chi connectivity index (χ0v) is 15.4. The molecule has 1 aromatic heterocycles. The number of nitrogens with zero attached hydrogens (tertiary/aromatic N) is 1. The Morgan fingerprint density at radius 1 is 1.19 bits per heavy atom. The Morgan fingerprint density at radius 3 is 2.78 bits per heavy atom. The highest BCUT2D eigenvalue weighted by atomic mass is 35.5. The number of carbonyl (C=O) groups excluding carboxylic acids is 1. The third-order valence-electron chi connectivity index (χ3n) is 4.60. The van der Waals surface area contributed by atoms with Crippen LogP contribution in [-0.4, -0.2) is 23.2 Å². The summed E-state index contributed by atoms with van der Waals surface area (Å²) in [6.07, 6.45) is 2.11. The summed E-state index contributed by atoms with van der Waals surface area (Å²) in [5, 5.41) is 10.4. The van der Waals surface area contributed by atoms with Crippen LogP contribution in [0, 0.1) is 0 Å². The van der Waals surface area contributed by atoms with Crippen molar-refractivity contribution in [3.8, 4) is 11.5 Å². The van der Waals surface area contributed by atoms with Gasteiger partial charge in [0.2, 0.25) is 5.91 Å². The third kappa shape index (κ3) is 3.61. The Hall–Kier alpha value is -2.99. The summed E-state index contributed by atoms with van der Waals surface area (Å²) in [7, 11) is 1.60. The summed E-state index contributed by atoms with van der Waals surface area (Å²) in [6, 6.07) is 13.2. The lowest BCUT2D eigenvalue weighted by Gasteiger charge is -2.23. The second-order valence-corrected chi connectivity index (χ2v) is 6.77. The van der Waals surface area contributed by atoms with Crippen LogP contribution in [0.5, 0.6) is 11.5 Å². The summed E-state index contributed by atoms with van der Waals surface area (Å²) >= 11 is 5.91. The second kappa shape index (κ2) is 7.32. The Balaban J connectivity index is 1.57. The maximum absolute atomic E-state index is 12.0. The van der Waals surface area contributed by atoms with Crippen LogP contribution in [0.25, 0.3) is 0 Å². The van der Waals surface area contributed by atoms with Gasteiger partial charge >= 0.3 is 0 Å². The van der Waals surface area contributed by atoms with E-state index in [1.165, 1.54) is 0 Å². The Morgan fingerprint density at radius 2 is 2.00 bits per heavy atom. The van der Waals surface area contributed by atoms with Crippen molar-refractivity contribution in [1.29, 1.82) is 0 Å². The number of amides is 1. The van der Waals surface area contributed by atoms with E-state index in [0.717, 1.165) is 16.7 Å². The number of aromatic amines is 1. The van der Waals surface area contributed by atoms with Crippen molar-refractivity contribution in [3.63, 3.8) is 0 Å². The number of benzene rings is 2. The molecule has 0 saturated heterocycles. The predicted molar refractivity (Wildman–Crippen MR) is 102 cm³/mol. The molecule has 1 aliphatic heterocycles. The molecule has 0 unspecified atom stereocenters. The normalized spacial score (nSPS) is 15.8. The van der Waals surface area contributed by atoms with Gasteiger partial charge in [0.05, 0.1) is 13.3 Å². The van der Waals surface area contributed by atoms with Crippen LogP contribution >= 0.6 is 11.6 Å². The Bertz CT molecular complexity index is 969. The molecular weight excluding hydrogens is 366 g/mol. The van der Waals surface area contributed by atoms with Gasteiger partial charge in [-0.25, -0.2) is 0 Å². The van der Waals surface area contributed by atoms with Crippen molar-refractivity contribution in [2.75, 3.05) is 12.4 Å². The van der Waals surface area contributed by atoms with Gasteiger partial charge in [-0.05, 0) is 35.4 Å². The summed E-state index contributed by atoms with van der Waals surface area (Å²) in [5.41, 5.74) is 2.95. The fraction of sp³-hybridized carbons (Fsp3) is 0.200. The van der Waals surface area contributed by atoms with Gasteiger partial charge in [0.25, 0.3) is 0 Å². The van der Waals surface area contributed by atoms with Crippen molar-refractivity contribution in [3.05, 3.63) is 70.4 Å². The van der Waals surface area contributed by atoms with Crippen LogP contribution in [0.2, 0.25) is 5.02 Å². The largest absolute Gasteiger partial charge is 0.493 e. The topological polar surface area (TPSA) is 76.2 Å². The number of methoxy groups -OCH3 is 1. The van der Waals surface area contributed by atoms with E-state index in [-0.39, 0.29) is 11.8 Å². The zero-order chi connectivity index (χ0) is 18.8. The number of rotatable bonds is 5. The van der Waals surface area contributed by atoms with E-state index >= 15 is 0 Å². The molecule has 1 atom stereocenters. The van der Waals surface area contributed by atoms with E-state index in [1.807, 2.05) is 42.5 Å². The number of nitrogens with one attached hydrogen (secondary N) is 2. The van der Waals surface area contributed by atoms with E-state index in [4.69, 9.17) is 21.1 Å². The predicted octanol–water partition coefficient (Wildman–Crippen LogP) is 4.12. The molecule has 2 heterocycles. The molecular formula is C20H18ClN3O3. The number of fused-ring (bicyclic) bond motifs is 1. The molecule has 4 rings (SSSR count). The molecule has 2 N–H and O–H groups in total. The highest BCUT2D eigenvalue weighted by molar-refractivity contribution is 6.30. The molecule has 0 spiro atoms. The van der Waals surface area contributed by atoms with Gasteiger partial charge in [0.15, 0.2) is 11.5 Å². The molecule has 1 amide bonds. The van der Waals surface area contributed by atoms with Gasteiger partial charge in [0, 0.05) is 22.9 Å². The summed E-state index contributed by atoms with van der Waals surface area (Å²) < 4.78 is 11.4. The average Bonchev–Trinajstić information content (AvgIpc) is 3.15. The molecule has 7 heteroatoms. The highest BCUT2D eigenvalue weighted by Crippen LogP contribution is 2.39. The number of hydrogen-bond acceptors (Lipinski definition) is 4. The standard InChI is InChI=1S/C20H18ClN3O3/c1-26-18-8-13(15-9-19(25)23-20-16(15)10-22-24-20)4-7-17(18)27-11-12-2-5-14(21)6-3-12/h2-8,10,15H,9,11H2,1H3,(H2,22,23,24,25)/t15-/m0/s1. The average molecular weight is 384 g/mol. The smallest absolute Gasteiger partial charge is 0.226 e. The number of ether oxygens (including phenoxy) is 2. The summed E-state index contributed by atoms with van der Waals surface area (Å²) in [6.45, 7) is 0.407. The number of hydrogen-bond donors (Lipinski definition) is 2. The van der Waals surface area contributed by atoms with Crippen LogP contribution in [0.3, 0.4) is 0 Å². The van der Waals surface area contributed by atoms with E-state index in [9.17, 15) is 4.79 Å². The van der Waals surface area contributed by atoms with Crippen LogP contribution in [0.1, 0.15) is 29.0 Å². The first-order valence-electron chi connectivity index (χ1n) is 8.52. The molecule has 2 aromatic carbocycles. The number of halogens is 1. The van der Waals surface area contributed by atoms with Crippen molar-refractivity contribution in [2.45, 2.75) is 18.9 Å². The maximum Gasteiger partial charge on any atom is 0.226 e. The van der Waals surface area contributed by atoms with Crippen LogP contribution in [0.4, 0.5) is 5.82 Å². The van der Waals surface area contributed by atoms with Crippen molar-refractivity contribution >= 4 is 23.3 Å². The second-order valence-electron chi connectivity index (χ2n) is 6.33. The summed E-state index contributed by atoms with van der Waals surface area (Å²) in [4.78, 5) is 12.0. The molecule has 138 valence electrons. The van der Waals surface area contributed by atoms with Crippen LogP contribution in [-0.2, 0) is 11.4 Å². The minimum Gasteiger partial charge on any atom is -0.493 e. The van der Waals surface area contributed by atoms with E-state index < -0.39 is 0 Å². The number of carbonyl (C=O) groups is 1. The number of aromatic nitrogens is 2. The van der Waals surface area contributed by atoms with Gasteiger partial charge in [-0.1, -0.05) is 29.8 Å². The molecule has 0 fully saturated rings. The maximum atomic E-state index is 12.0. The minimum atomic E-state index is -0.0771. The molecule has 27 heavy (non-hydrogen) atoms. The fourth-order valence-electron chi connectivity index (χ4n) is 3.20. The van der Waals surface area contributed by atoms with Crippen molar-refractivity contribution in [1.82, 2.24) is 10.2 Å². The monoisotopic (exact) mass is 383 g/mol. The lowest BCUT2D eigenvalue weighted by molar-refractivity contribution is -0.116. The Labute approximate surface area is 161 Å². The third-order valence-corrected chi connectivity index (χ3v) is 4.85. The van der Waals surface area contributed by atoms with Gasteiger partial charge in [-0.2, -0.15) is 5.10 Å². The van der Waals surface area contributed by atoms with E-state index in [0.29, 0.717) is 35.4 Å². The summed E-state index contributed by atoms with van der Waals surface area (Å²) in [5.74, 6) is 1.80. The first kappa shape index (κ1) is 17.4. The van der Waals surface area contributed by atoms with Gasteiger partial charge in [-0.3, -0.25) is 9.89 Å². The fourth-order valence-corrected chi connectivity index (χ4v) is 3.33. The highest BCUT2D eigenvalue weighted by Gasteiger charge is 2.28. The van der Waals surface area contributed by atoms with Crippen molar-refractivity contribution < 1.29 is 14.3 Å². The molecule has 0 aliphatic carbocycles. The van der Waals surface area contributed by atoms with Gasteiger partial charge < -0.3 is 14.8 Å². The van der Waals surface area contributed by atoms with Crippen LogP contribution in [0.15, 0.2) is 48.7 Å². The lowest BCUT2D eigenvalue weighted by Crippen LogP contribution is -2.23. The molecule has 0 bridgehead atoms. The molecule has 3 aromatic rings. The lowest BCUT2D eigenvalue weighted by atomic mass is 9.87. The molecule has 6 nitrogen and oxygen atoms in total.